The molecule has 1 aromatic rings. The van der Waals surface area contributed by atoms with Gasteiger partial charge in [0.25, 0.3) is 0 Å². The maximum absolute atomic E-state index is 11.3. The summed E-state index contributed by atoms with van der Waals surface area (Å²) in [7, 11) is 1.30. The Bertz CT molecular complexity index is 405. The Labute approximate surface area is 90.8 Å². The van der Waals surface area contributed by atoms with Crippen LogP contribution in [0.2, 0.25) is 0 Å². The van der Waals surface area contributed by atoms with E-state index < -0.39 is 10.7 Å². The van der Waals surface area contributed by atoms with Gasteiger partial charge < -0.3 is 4.74 Å². The number of para-hydroxylation sites is 1. The Hall–Kier alpha value is -1.62. The predicted octanol–water partition coefficient (Wildman–Crippen LogP) is 2.02. The van der Waals surface area contributed by atoms with Crippen LogP contribution >= 0.6 is 11.6 Å². The van der Waals surface area contributed by atoms with Gasteiger partial charge in [-0.3, -0.25) is 14.9 Å². The summed E-state index contributed by atoms with van der Waals surface area (Å²) in [5.74, 6) is -0.744. The maximum atomic E-state index is 11.3. The smallest absolute Gasteiger partial charge is 0.321 e. The summed E-state index contributed by atoms with van der Waals surface area (Å²) in [5.41, 5.74) is -0.375. The third kappa shape index (κ3) is 2.24. The number of rotatable bonds is 4. The lowest BCUT2D eigenvalue weighted by molar-refractivity contribution is -0.386. The van der Waals surface area contributed by atoms with E-state index in [-0.39, 0.29) is 22.9 Å². The van der Waals surface area contributed by atoms with Crippen molar-refractivity contribution in [2.45, 2.75) is 0 Å². The minimum absolute atomic E-state index is 0.0330. The van der Waals surface area contributed by atoms with Gasteiger partial charge in [-0.15, -0.1) is 11.6 Å². The average molecular weight is 230 g/mol. The molecule has 0 spiro atoms. The van der Waals surface area contributed by atoms with E-state index in [2.05, 4.69) is 0 Å². The highest BCUT2D eigenvalue weighted by atomic mass is 35.5. The number of nitro groups is 1. The lowest BCUT2D eigenvalue weighted by Crippen LogP contribution is -2.06. The van der Waals surface area contributed by atoms with Gasteiger partial charge in [0.15, 0.2) is 11.5 Å². The van der Waals surface area contributed by atoms with Crippen molar-refractivity contribution < 1.29 is 14.5 Å². The topological polar surface area (TPSA) is 69.4 Å². The van der Waals surface area contributed by atoms with Gasteiger partial charge >= 0.3 is 5.69 Å². The molecule has 0 aliphatic carbocycles. The number of nitro benzene ring substituents is 1. The molecular formula is C9H8ClNO4. The average Bonchev–Trinajstić information content (AvgIpc) is 2.26. The van der Waals surface area contributed by atoms with Gasteiger partial charge in [0.1, 0.15) is 5.56 Å². The van der Waals surface area contributed by atoms with Crippen LogP contribution in [0.25, 0.3) is 0 Å². The normalized spacial score (nSPS) is 9.73. The van der Waals surface area contributed by atoms with Gasteiger partial charge in [0.2, 0.25) is 0 Å². The number of carbonyl (C=O) groups excluding carboxylic acids is 1. The first kappa shape index (κ1) is 11.5. The highest BCUT2D eigenvalue weighted by Gasteiger charge is 2.24. The van der Waals surface area contributed by atoms with Crippen LogP contribution in [-0.2, 0) is 0 Å². The molecule has 0 unspecified atom stereocenters. The molecule has 5 nitrogen and oxygen atoms in total. The third-order valence-electron chi connectivity index (χ3n) is 1.82. The number of carbonyl (C=O) groups is 1. The van der Waals surface area contributed by atoms with Gasteiger partial charge in [-0.05, 0) is 12.1 Å². The Balaban J connectivity index is 3.38. The number of ether oxygens (including phenoxy) is 1. The Kier molecular flexibility index (Phi) is 3.62. The molecular weight excluding hydrogens is 222 g/mol. The zero-order valence-electron chi connectivity index (χ0n) is 7.90. The molecule has 1 rings (SSSR count). The number of methoxy groups -OCH3 is 1. The van der Waals surface area contributed by atoms with Crippen LogP contribution < -0.4 is 4.74 Å². The number of alkyl halides is 1. The fourth-order valence-electron chi connectivity index (χ4n) is 1.17. The zero-order chi connectivity index (χ0) is 11.4. The van der Waals surface area contributed by atoms with Gasteiger partial charge in [0, 0.05) is 0 Å². The highest BCUT2D eigenvalue weighted by Crippen LogP contribution is 2.30. The van der Waals surface area contributed by atoms with Crippen LogP contribution in [0.1, 0.15) is 10.4 Å². The molecule has 0 saturated heterocycles. The van der Waals surface area contributed by atoms with Crippen molar-refractivity contribution in [2.24, 2.45) is 0 Å². The predicted molar refractivity (Wildman–Crippen MR) is 54.7 cm³/mol. The monoisotopic (exact) mass is 229 g/mol. The molecule has 0 aliphatic rings. The number of hydrogen-bond donors (Lipinski definition) is 0. The molecule has 0 saturated carbocycles. The fraction of sp³-hybridized carbons (Fsp3) is 0.222. The number of ketones is 1. The van der Waals surface area contributed by atoms with Crippen LogP contribution in [0, 0.1) is 10.1 Å². The summed E-state index contributed by atoms with van der Waals surface area (Å²) in [6.45, 7) is 0. The molecule has 0 fully saturated rings. The van der Waals surface area contributed by atoms with Gasteiger partial charge in [-0.25, -0.2) is 0 Å². The fourth-order valence-corrected chi connectivity index (χ4v) is 1.32. The van der Waals surface area contributed by atoms with Crippen molar-refractivity contribution in [3.63, 3.8) is 0 Å². The molecule has 0 N–H and O–H groups in total. The van der Waals surface area contributed by atoms with E-state index in [9.17, 15) is 14.9 Å². The largest absolute Gasteiger partial charge is 0.490 e. The van der Waals surface area contributed by atoms with Crippen molar-refractivity contribution in [1.29, 1.82) is 0 Å². The first-order valence-electron chi connectivity index (χ1n) is 4.02. The molecule has 0 atom stereocenters. The third-order valence-corrected chi connectivity index (χ3v) is 2.07. The molecule has 6 heteroatoms. The number of nitrogens with zero attached hydrogens (tertiary/aromatic N) is 1. The van der Waals surface area contributed by atoms with Crippen LogP contribution in [0.5, 0.6) is 5.75 Å². The van der Waals surface area contributed by atoms with Crippen molar-refractivity contribution >= 4 is 23.1 Å². The lowest BCUT2D eigenvalue weighted by atomic mass is 10.1. The molecule has 0 heterocycles. The highest BCUT2D eigenvalue weighted by molar-refractivity contribution is 6.31. The van der Waals surface area contributed by atoms with Crippen molar-refractivity contribution in [2.75, 3.05) is 13.0 Å². The molecule has 0 aromatic heterocycles. The number of halogens is 1. The second-order valence-corrected chi connectivity index (χ2v) is 2.94. The number of hydrogen-bond acceptors (Lipinski definition) is 4. The van der Waals surface area contributed by atoms with Crippen LogP contribution in [0.15, 0.2) is 18.2 Å². The van der Waals surface area contributed by atoms with E-state index in [1.165, 1.54) is 25.3 Å². The van der Waals surface area contributed by atoms with Crippen LogP contribution in [0.3, 0.4) is 0 Å². The Morgan fingerprint density at radius 2 is 2.27 bits per heavy atom. The maximum Gasteiger partial charge on any atom is 0.321 e. The first-order chi connectivity index (χ1) is 7.11. The molecule has 0 radical (unpaired) electrons. The van der Waals surface area contributed by atoms with E-state index in [0.717, 1.165) is 0 Å². The number of Topliss-reactive ketones (excluding diaryl/α,β-unsaturated/α-hetero) is 1. The molecule has 0 aliphatic heterocycles. The van der Waals surface area contributed by atoms with Crippen molar-refractivity contribution in [3.05, 3.63) is 33.9 Å². The van der Waals surface area contributed by atoms with E-state index in [1.54, 1.807) is 0 Å². The Morgan fingerprint density at radius 3 is 2.73 bits per heavy atom. The molecule has 15 heavy (non-hydrogen) atoms. The lowest BCUT2D eigenvalue weighted by Gasteiger charge is -2.04. The van der Waals surface area contributed by atoms with E-state index >= 15 is 0 Å². The van der Waals surface area contributed by atoms with E-state index in [0.29, 0.717) is 0 Å². The molecule has 0 bridgehead atoms. The van der Waals surface area contributed by atoms with Gasteiger partial charge in [0.05, 0.1) is 17.9 Å². The quantitative estimate of drug-likeness (QED) is 0.343. The molecule has 0 amide bonds. The van der Waals surface area contributed by atoms with Crippen molar-refractivity contribution in [3.8, 4) is 5.75 Å². The standard InChI is InChI=1S/C9H8ClNO4/c1-15-8-4-2-3-6(7(12)5-10)9(8)11(13)14/h2-4H,5H2,1H3. The van der Waals surface area contributed by atoms with E-state index in [1.807, 2.05) is 0 Å². The minimum atomic E-state index is -0.654. The van der Waals surface area contributed by atoms with E-state index in [4.69, 9.17) is 16.3 Å². The molecule has 80 valence electrons. The van der Waals surface area contributed by atoms with Crippen LogP contribution in [-0.4, -0.2) is 23.7 Å². The minimum Gasteiger partial charge on any atom is -0.490 e. The number of benzene rings is 1. The summed E-state index contributed by atoms with van der Waals surface area (Å²) in [6, 6.07) is 4.28. The van der Waals surface area contributed by atoms with Crippen molar-refractivity contribution in [1.82, 2.24) is 0 Å². The van der Waals surface area contributed by atoms with Gasteiger partial charge in [-0.2, -0.15) is 0 Å². The van der Waals surface area contributed by atoms with Gasteiger partial charge in [-0.1, -0.05) is 6.07 Å². The zero-order valence-corrected chi connectivity index (χ0v) is 8.65. The summed E-state index contributed by atoms with van der Waals surface area (Å²) in [6.07, 6.45) is 0. The summed E-state index contributed by atoms with van der Waals surface area (Å²) >= 11 is 5.35. The second kappa shape index (κ2) is 4.75. The summed E-state index contributed by atoms with van der Waals surface area (Å²) in [4.78, 5) is 21.4. The molecule has 1 aromatic carbocycles. The Morgan fingerprint density at radius 1 is 1.60 bits per heavy atom. The van der Waals surface area contributed by atoms with Crippen LogP contribution in [0.4, 0.5) is 5.69 Å². The first-order valence-corrected chi connectivity index (χ1v) is 4.55. The SMILES string of the molecule is COc1cccc(C(=O)CCl)c1[N+](=O)[O-]. The summed E-state index contributed by atoms with van der Waals surface area (Å²) in [5, 5.41) is 10.8. The second-order valence-electron chi connectivity index (χ2n) is 2.67. The summed E-state index contributed by atoms with van der Waals surface area (Å²) < 4.78 is 4.80.